The fourth-order valence-corrected chi connectivity index (χ4v) is 1.90. The molecule has 102 valence electrons. The molecule has 0 unspecified atom stereocenters. The van der Waals surface area contributed by atoms with Gasteiger partial charge in [-0.25, -0.2) is 4.79 Å². The van der Waals surface area contributed by atoms with Crippen LogP contribution in [0.25, 0.3) is 0 Å². The lowest BCUT2D eigenvalue weighted by molar-refractivity contribution is 0.0473. The molecule has 4 heteroatoms. The molecule has 0 spiro atoms. The monoisotopic (exact) mass is 288 g/mol. The Morgan fingerprint density at radius 1 is 1.10 bits per heavy atom. The number of ether oxygens (including phenoxy) is 1. The van der Waals surface area contributed by atoms with Crippen LogP contribution in [-0.2, 0) is 11.3 Å². The molecule has 0 saturated carbocycles. The average molecular weight is 289 g/mol. The molecule has 0 saturated heterocycles. The normalized spacial score (nSPS) is 10.1. The van der Waals surface area contributed by atoms with Gasteiger partial charge < -0.3 is 4.74 Å². The van der Waals surface area contributed by atoms with Gasteiger partial charge in [-0.05, 0) is 30.7 Å². The summed E-state index contributed by atoms with van der Waals surface area (Å²) >= 11 is 5.97. The van der Waals surface area contributed by atoms with Gasteiger partial charge in [-0.3, -0.25) is 4.79 Å². The van der Waals surface area contributed by atoms with E-state index in [4.69, 9.17) is 16.3 Å². The van der Waals surface area contributed by atoms with Crippen LogP contribution in [0.1, 0.15) is 33.2 Å². The van der Waals surface area contributed by atoms with Gasteiger partial charge >= 0.3 is 5.97 Å². The molecule has 3 nitrogen and oxygen atoms in total. The summed E-state index contributed by atoms with van der Waals surface area (Å²) in [5.74, 6) is -0.666. The molecule has 2 aromatic rings. The van der Waals surface area contributed by atoms with Crippen LogP contribution in [0.4, 0.5) is 0 Å². The zero-order valence-corrected chi connectivity index (χ0v) is 11.7. The summed E-state index contributed by atoms with van der Waals surface area (Å²) in [6.45, 7) is 1.60. The van der Waals surface area contributed by atoms with E-state index in [1.807, 2.05) is 30.3 Å². The first-order chi connectivity index (χ1) is 9.58. The van der Waals surface area contributed by atoms with Gasteiger partial charge in [0.15, 0.2) is 5.78 Å². The number of benzene rings is 2. The quantitative estimate of drug-likeness (QED) is 0.633. The van der Waals surface area contributed by atoms with Crippen molar-refractivity contribution in [3.05, 3.63) is 70.2 Å². The Balaban J connectivity index is 2.13. The average Bonchev–Trinajstić information content (AvgIpc) is 2.46. The first kappa shape index (κ1) is 14.3. The Labute approximate surface area is 122 Å². The third-order valence-corrected chi connectivity index (χ3v) is 3.14. The van der Waals surface area contributed by atoms with Crippen molar-refractivity contribution < 1.29 is 14.3 Å². The molecular formula is C16H13ClO3. The molecule has 0 amide bonds. The summed E-state index contributed by atoms with van der Waals surface area (Å²) in [5.41, 5.74) is 1.52. The number of hydrogen-bond acceptors (Lipinski definition) is 3. The van der Waals surface area contributed by atoms with Crippen molar-refractivity contribution in [2.75, 3.05) is 0 Å². The van der Waals surface area contributed by atoms with Crippen LogP contribution in [0.2, 0.25) is 5.02 Å². The third kappa shape index (κ3) is 3.45. The van der Waals surface area contributed by atoms with E-state index in [0.29, 0.717) is 5.56 Å². The zero-order valence-electron chi connectivity index (χ0n) is 10.9. The number of carbonyl (C=O) groups excluding carboxylic acids is 2. The van der Waals surface area contributed by atoms with E-state index in [1.54, 1.807) is 6.07 Å². The van der Waals surface area contributed by atoms with Gasteiger partial charge in [-0.1, -0.05) is 41.9 Å². The number of ketones is 1. The molecule has 2 rings (SSSR count). The Kier molecular flexibility index (Phi) is 4.53. The van der Waals surface area contributed by atoms with E-state index in [0.717, 1.165) is 5.56 Å². The molecule has 0 bridgehead atoms. The molecule has 20 heavy (non-hydrogen) atoms. The van der Waals surface area contributed by atoms with Gasteiger partial charge in [0.25, 0.3) is 0 Å². The summed E-state index contributed by atoms with van der Waals surface area (Å²) in [4.78, 5) is 23.3. The van der Waals surface area contributed by atoms with Gasteiger partial charge in [-0.15, -0.1) is 0 Å². The molecule has 0 aliphatic carbocycles. The minimum absolute atomic E-state index is 0.126. The first-order valence-corrected chi connectivity index (χ1v) is 6.47. The Morgan fingerprint density at radius 3 is 2.45 bits per heavy atom. The molecule has 0 fully saturated rings. The standard InChI is InChI=1S/C16H13ClO3/c1-11(18)13-7-8-15(17)14(9-13)16(19)20-10-12-5-3-2-4-6-12/h2-9H,10H2,1H3. The maximum atomic E-state index is 12.0. The molecule has 0 aromatic heterocycles. The van der Waals surface area contributed by atoms with Gasteiger partial charge in [0.1, 0.15) is 6.61 Å². The van der Waals surface area contributed by atoms with Crippen molar-refractivity contribution in [2.45, 2.75) is 13.5 Å². The summed E-state index contributed by atoms with van der Waals surface area (Å²) in [7, 11) is 0. The predicted octanol–water partition coefficient (Wildman–Crippen LogP) is 3.90. The van der Waals surface area contributed by atoms with Crippen LogP contribution < -0.4 is 0 Å². The fraction of sp³-hybridized carbons (Fsp3) is 0.125. The second-order valence-electron chi connectivity index (χ2n) is 4.31. The van der Waals surface area contributed by atoms with E-state index >= 15 is 0 Å². The molecule has 0 aliphatic rings. The number of carbonyl (C=O) groups is 2. The Hall–Kier alpha value is -2.13. The van der Waals surface area contributed by atoms with Crippen molar-refractivity contribution in [2.24, 2.45) is 0 Å². The maximum Gasteiger partial charge on any atom is 0.340 e. The van der Waals surface area contributed by atoms with E-state index in [1.165, 1.54) is 19.1 Å². The van der Waals surface area contributed by atoms with Crippen LogP contribution in [0.5, 0.6) is 0 Å². The molecule has 0 aliphatic heterocycles. The van der Waals surface area contributed by atoms with Gasteiger partial charge in [-0.2, -0.15) is 0 Å². The topological polar surface area (TPSA) is 43.4 Å². The molecule has 0 heterocycles. The number of hydrogen-bond donors (Lipinski definition) is 0. The predicted molar refractivity (Wildman–Crippen MR) is 77.0 cm³/mol. The smallest absolute Gasteiger partial charge is 0.340 e. The van der Waals surface area contributed by atoms with Crippen LogP contribution in [-0.4, -0.2) is 11.8 Å². The SMILES string of the molecule is CC(=O)c1ccc(Cl)c(C(=O)OCc2ccccc2)c1. The molecule has 0 radical (unpaired) electrons. The highest BCUT2D eigenvalue weighted by molar-refractivity contribution is 6.33. The van der Waals surface area contributed by atoms with E-state index in [2.05, 4.69) is 0 Å². The highest BCUT2D eigenvalue weighted by atomic mass is 35.5. The van der Waals surface area contributed by atoms with Crippen LogP contribution in [0.3, 0.4) is 0 Å². The van der Waals surface area contributed by atoms with Crippen LogP contribution >= 0.6 is 11.6 Å². The van der Waals surface area contributed by atoms with E-state index in [-0.39, 0.29) is 23.0 Å². The summed E-state index contributed by atoms with van der Waals surface area (Å²) in [6.07, 6.45) is 0. The van der Waals surface area contributed by atoms with Gasteiger partial charge in [0.05, 0.1) is 10.6 Å². The lowest BCUT2D eigenvalue weighted by Crippen LogP contribution is -2.07. The van der Waals surface area contributed by atoms with Gasteiger partial charge in [0, 0.05) is 5.56 Å². The lowest BCUT2D eigenvalue weighted by atomic mass is 10.1. The second kappa shape index (κ2) is 6.35. The van der Waals surface area contributed by atoms with Crippen molar-refractivity contribution in [1.82, 2.24) is 0 Å². The molecule has 0 atom stereocenters. The maximum absolute atomic E-state index is 12.0. The molecule has 2 aromatic carbocycles. The van der Waals surface area contributed by atoms with Crippen molar-refractivity contribution in [3.8, 4) is 0 Å². The van der Waals surface area contributed by atoms with Crippen LogP contribution in [0.15, 0.2) is 48.5 Å². The number of esters is 1. The zero-order chi connectivity index (χ0) is 14.5. The third-order valence-electron chi connectivity index (χ3n) is 2.81. The van der Waals surface area contributed by atoms with E-state index in [9.17, 15) is 9.59 Å². The van der Waals surface area contributed by atoms with Crippen molar-refractivity contribution in [3.63, 3.8) is 0 Å². The highest BCUT2D eigenvalue weighted by Crippen LogP contribution is 2.19. The number of Topliss-reactive ketones (excluding diaryl/α,β-unsaturated/α-hetero) is 1. The van der Waals surface area contributed by atoms with E-state index < -0.39 is 5.97 Å². The number of halogens is 1. The van der Waals surface area contributed by atoms with Crippen LogP contribution in [0, 0.1) is 0 Å². The summed E-state index contributed by atoms with van der Waals surface area (Å²) in [6, 6.07) is 13.9. The van der Waals surface area contributed by atoms with Crippen molar-refractivity contribution in [1.29, 1.82) is 0 Å². The second-order valence-corrected chi connectivity index (χ2v) is 4.72. The van der Waals surface area contributed by atoms with Gasteiger partial charge in [0.2, 0.25) is 0 Å². The Bertz CT molecular complexity index is 635. The largest absolute Gasteiger partial charge is 0.457 e. The fourth-order valence-electron chi connectivity index (χ4n) is 1.70. The minimum Gasteiger partial charge on any atom is -0.457 e. The molecular weight excluding hydrogens is 276 g/mol. The van der Waals surface area contributed by atoms with Crippen molar-refractivity contribution >= 4 is 23.4 Å². The number of rotatable bonds is 4. The molecule has 0 N–H and O–H groups in total. The summed E-state index contributed by atoms with van der Waals surface area (Å²) in [5, 5.41) is 0.271. The Morgan fingerprint density at radius 2 is 1.80 bits per heavy atom. The summed E-state index contributed by atoms with van der Waals surface area (Å²) < 4.78 is 5.20. The lowest BCUT2D eigenvalue weighted by Gasteiger charge is -2.07. The highest BCUT2D eigenvalue weighted by Gasteiger charge is 2.14. The minimum atomic E-state index is -0.540. The first-order valence-electron chi connectivity index (χ1n) is 6.09.